The summed E-state index contributed by atoms with van der Waals surface area (Å²) in [7, 11) is -2.27. The first-order chi connectivity index (χ1) is 14.9. The second-order valence-corrected chi connectivity index (χ2v) is 8.97. The Morgan fingerprint density at radius 3 is 2.81 bits per heavy atom. The molecule has 31 heavy (non-hydrogen) atoms. The molecule has 1 aliphatic rings. The molecule has 10 nitrogen and oxygen atoms in total. The summed E-state index contributed by atoms with van der Waals surface area (Å²) in [5.74, 6) is 0.429. The Balaban J connectivity index is 1.63. The first-order valence-corrected chi connectivity index (χ1v) is 11.2. The van der Waals surface area contributed by atoms with Gasteiger partial charge in [-0.2, -0.15) is 0 Å². The summed E-state index contributed by atoms with van der Waals surface area (Å²) in [5.41, 5.74) is 1.27. The first kappa shape index (κ1) is 21.1. The maximum Gasteiger partial charge on any atom is 0.239 e. The van der Waals surface area contributed by atoms with Crippen LogP contribution in [0.5, 0.6) is 5.75 Å². The number of aromatic nitrogens is 5. The predicted molar refractivity (Wildman–Crippen MR) is 110 cm³/mol. The normalized spacial score (nSPS) is 15.5. The molecule has 2 aromatic heterocycles. The van der Waals surface area contributed by atoms with E-state index in [0.29, 0.717) is 17.1 Å². The van der Waals surface area contributed by atoms with Crippen LogP contribution in [0, 0.1) is 12.7 Å². The van der Waals surface area contributed by atoms with Crippen LogP contribution in [0.4, 0.5) is 10.3 Å². The first-order valence-electron chi connectivity index (χ1n) is 9.51. The third-order valence-corrected chi connectivity index (χ3v) is 5.94. The van der Waals surface area contributed by atoms with E-state index in [4.69, 9.17) is 9.47 Å². The van der Waals surface area contributed by atoms with Gasteiger partial charge in [-0.25, -0.2) is 22.8 Å². The number of fused-ring (bicyclic) bond motifs is 3. The Kier molecular flexibility index (Phi) is 5.83. The van der Waals surface area contributed by atoms with Gasteiger partial charge in [0.2, 0.25) is 16.0 Å². The van der Waals surface area contributed by atoms with Gasteiger partial charge in [-0.05, 0) is 30.7 Å². The number of hydrogen-bond donors (Lipinski definition) is 1. The molecule has 0 saturated carbocycles. The van der Waals surface area contributed by atoms with Crippen LogP contribution in [0.2, 0.25) is 0 Å². The molecule has 0 aliphatic carbocycles. The van der Waals surface area contributed by atoms with Crippen molar-refractivity contribution in [2.24, 2.45) is 0 Å². The largest absolute Gasteiger partial charge is 0.491 e. The number of anilines is 1. The van der Waals surface area contributed by atoms with Gasteiger partial charge in [-0.15, -0.1) is 10.2 Å². The van der Waals surface area contributed by atoms with E-state index in [0.717, 1.165) is 5.56 Å². The Morgan fingerprint density at radius 2 is 2.06 bits per heavy atom. The average molecular weight is 448 g/mol. The number of aryl methyl sites for hydroxylation is 2. The monoisotopic (exact) mass is 448 g/mol. The molecule has 12 heteroatoms. The summed E-state index contributed by atoms with van der Waals surface area (Å²) in [6, 6.07) is 3.64. The molecular formula is C19H21FN6O4S. The van der Waals surface area contributed by atoms with Gasteiger partial charge in [0.15, 0.2) is 5.82 Å². The van der Waals surface area contributed by atoms with E-state index >= 15 is 0 Å². The summed E-state index contributed by atoms with van der Waals surface area (Å²) < 4.78 is 54.4. The summed E-state index contributed by atoms with van der Waals surface area (Å²) in [6.07, 6.45) is 3.40. The van der Waals surface area contributed by atoms with Crippen molar-refractivity contribution in [2.45, 2.75) is 19.4 Å². The fourth-order valence-corrected chi connectivity index (χ4v) is 4.20. The fraction of sp³-hybridized carbons (Fsp3) is 0.368. The van der Waals surface area contributed by atoms with Crippen molar-refractivity contribution in [3.05, 3.63) is 47.8 Å². The van der Waals surface area contributed by atoms with E-state index in [1.807, 2.05) is 6.92 Å². The Labute approximate surface area is 178 Å². The molecule has 164 valence electrons. The molecule has 1 aliphatic heterocycles. The third-order valence-electron chi connectivity index (χ3n) is 4.71. The lowest BCUT2D eigenvalue weighted by Crippen LogP contribution is -2.26. The molecule has 4 rings (SSSR count). The molecule has 1 N–H and O–H groups in total. The van der Waals surface area contributed by atoms with Crippen molar-refractivity contribution in [1.82, 2.24) is 24.7 Å². The van der Waals surface area contributed by atoms with Crippen molar-refractivity contribution in [3.63, 3.8) is 0 Å². The van der Waals surface area contributed by atoms with Gasteiger partial charge < -0.3 is 9.47 Å². The molecule has 0 bridgehead atoms. The second-order valence-electron chi connectivity index (χ2n) is 7.13. The minimum absolute atomic E-state index is 0.00239. The number of hydrogen-bond acceptors (Lipinski definition) is 8. The molecule has 0 radical (unpaired) electrons. The molecule has 0 saturated heterocycles. The molecule has 3 aromatic rings. The van der Waals surface area contributed by atoms with E-state index in [-0.39, 0.29) is 37.2 Å². The molecule has 0 fully saturated rings. The van der Waals surface area contributed by atoms with Gasteiger partial charge in [0, 0.05) is 25.9 Å². The average Bonchev–Trinajstić information content (AvgIpc) is 3.07. The number of nitrogens with one attached hydrogen (secondary N) is 1. The second kappa shape index (κ2) is 8.55. The maximum absolute atomic E-state index is 13.9. The molecule has 0 unspecified atom stereocenters. The number of halogens is 1. The van der Waals surface area contributed by atoms with E-state index in [2.05, 4.69) is 24.9 Å². The Bertz CT molecular complexity index is 1180. The molecule has 1 aromatic carbocycles. The SMILES string of the molecule is COC[C@@H]1COc2ccc(F)cc2-c2nnc(NS(=O)(=O)CCc3ncc(C)cn3)n21. The number of rotatable bonds is 7. The minimum atomic E-state index is -3.79. The van der Waals surface area contributed by atoms with Crippen molar-refractivity contribution in [2.75, 3.05) is 30.8 Å². The summed E-state index contributed by atoms with van der Waals surface area (Å²) in [5, 5.41) is 8.11. The van der Waals surface area contributed by atoms with Crippen LogP contribution in [0.25, 0.3) is 11.4 Å². The topological polar surface area (TPSA) is 121 Å². The zero-order chi connectivity index (χ0) is 22.0. The van der Waals surface area contributed by atoms with Crippen molar-refractivity contribution in [3.8, 4) is 17.1 Å². The van der Waals surface area contributed by atoms with E-state index in [1.54, 1.807) is 17.0 Å². The zero-order valence-corrected chi connectivity index (χ0v) is 17.8. The molecule has 3 heterocycles. The summed E-state index contributed by atoms with van der Waals surface area (Å²) in [6.45, 7) is 2.24. The van der Waals surface area contributed by atoms with Crippen LogP contribution in [0.15, 0.2) is 30.6 Å². The highest BCUT2D eigenvalue weighted by Gasteiger charge is 2.29. The minimum Gasteiger partial charge on any atom is -0.491 e. The Morgan fingerprint density at radius 1 is 1.29 bits per heavy atom. The van der Waals surface area contributed by atoms with E-state index in [9.17, 15) is 12.8 Å². The van der Waals surface area contributed by atoms with Crippen molar-refractivity contribution in [1.29, 1.82) is 0 Å². The van der Waals surface area contributed by atoms with Gasteiger partial charge >= 0.3 is 0 Å². The number of sulfonamides is 1. The lowest BCUT2D eigenvalue weighted by atomic mass is 10.2. The quantitative estimate of drug-likeness (QED) is 0.580. The van der Waals surface area contributed by atoms with Crippen molar-refractivity contribution < 1.29 is 22.3 Å². The van der Waals surface area contributed by atoms with Gasteiger partial charge in [-0.3, -0.25) is 9.29 Å². The standard InChI is InChI=1S/C19H21FN6O4S/c1-12-8-21-17(22-9-12)5-6-31(27,28)25-19-24-23-18-15-7-13(20)3-4-16(15)30-11-14(10-29-2)26(18)19/h3-4,7-9,14H,5-6,10-11H2,1-2H3,(H,24,25)/t14-/m1/s1. The van der Waals surface area contributed by atoms with Crippen LogP contribution in [0.3, 0.4) is 0 Å². The highest BCUT2D eigenvalue weighted by atomic mass is 32.2. The zero-order valence-electron chi connectivity index (χ0n) is 16.9. The lowest BCUT2D eigenvalue weighted by molar-refractivity contribution is 0.126. The van der Waals surface area contributed by atoms with Crippen LogP contribution >= 0.6 is 0 Å². The number of benzene rings is 1. The molecular weight excluding hydrogens is 427 g/mol. The number of ether oxygens (including phenoxy) is 2. The van der Waals surface area contributed by atoms with Gasteiger partial charge in [0.1, 0.15) is 24.0 Å². The lowest BCUT2D eigenvalue weighted by Gasteiger charge is -2.19. The molecule has 0 amide bonds. The highest BCUT2D eigenvalue weighted by Crippen LogP contribution is 2.36. The summed E-state index contributed by atoms with van der Waals surface area (Å²) in [4.78, 5) is 8.25. The number of methoxy groups -OCH3 is 1. The Hall–Kier alpha value is -3.12. The van der Waals surface area contributed by atoms with Crippen LogP contribution in [-0.4, -0.2) is 59.2 Å². The van der Waals surface area contributed by atoms with Crippen LogP contribution in [-0.2, 0) is 21.2 Å². The summed E-state index contributed by atoms with van der Waals surface area (Å²) >= 11 is 0. The van der Waals surface area contributed by atoms with Gasteiger partial charge in [0.05, 0.1) is 24.0 Å². The van der Waals surface area contributed by atoms with Crippen molar-refractivity contribution >= 4 is 16.0 Å². The number of nitrogens with zero attached hydrogens (tertiary/aromatic N) is 5. The highest BCUT2D eigenvalue weighted by molar-refractivity contribution is 7.92. The van der Waals surface area contributed by atoms with Crippen LogP contribution in [0.1, 0.15) is 17.4 Å². The fourth-order valence-electron chi connectivity index (χ4n) is 3.23. The smallest absolute Gasteiger partial charge is 0.239 e. The van der Waals surface area contributed by atoms with E-state index in [1.165, 1.54) is 25.3 Å². The van der Waals surface area contributed by atoms with Crippen LogP contribution < -0.4 is 9.46 Å². The molecule has 1 atom stereocenters. The van der Waals surface area contributed by atoms with Gasteiger partial charge in [0.25, 0.3) is 0 Å². The van der Waals surface area contributed by atoms with E-state index < -0.39 is 21.9 Å². The third kappa shape index (κ3) is 4.64. The van der Waals surface area contributed by atoms with Gasteiger partial charge in [-0.1, -0.05) is 0 Å². The maximum atomic E-state index is 13.9. The predicted octanol–water partition coefficient (Wildman–Crippen LogP) is 1.75. The molecule has 0 spiro atoms.